The lowest BCUT2D eigenvalue weighted by Gasteiger charge is -2.16. The van der Waals surface area contributed by atoms with Gasteiger partial charge in [0.1, 0.15) is 18.3 Å². The molecule has 0 spiro atoms. The third-order valence-electron chi connectivity index (χ3n) is 3.48. The zero-order valence-corrected chi connectivity index (χ0v) is 12.7. The number of carbonyl (C=O) groups excluding carboxylic acids is 1. The molecule has 10 nitrogen and oxygen atoms in total. The topological polar surface area (TPSA) is 143 Å². The van der Waals surface area contributed by atoms with E-state index in [9.17, 15) is 15.0 Å². The zero-order chi connectivity index (χ0) is 16.7. The molecule has 0 unspecified atom stereocenters. The second-order valence-corrected chi connectivity index (χ2v) is 5.41. The molecule has 0 aromatic carbocycles. The first-order chi connectivity index (χ1) is 10.9. The average Bonchev–Trinajstić information content (AvgIpc) is 3.01. The summed E-state index contributed by atoms with van der Waals surface area (Å²) in [5.41, 5.74) is 0.464. The van der Waals surface area contributed by atoms with Crippen LogP contribution in [0, 0.1) is 0 Å². The van der Waals surface area contributed by atoms with Crippen LogP contribution in [0.15, 0.2) is 6.33 Å². The highest BCUT2D eigenvalue weighted by Crippen LogP contribution is 2.32. The van der Waals surface area contributed by atoms with Crippen LogP contribution in [0.3, 0.4) is 0 Å². The molecule has 2 aromatic rings. The number of hydrogen-bond donors (Lipinski definition) is 4. The van der Waals surface area contributed by atoms with Crippen molar-refractivity contribution in [1.29, 1.82) is 0 Å². The summed E-state index contributed by atoms with van der Waals surface area (Å²) < 4.78 is 6.79. The van der Waals surface area contributed by atoms with Crippen LogP contribution in [0.1, 0.15) is 13.2 Å². The van der Waals surface area contributed by atoms with Crippen molar-refractivity contribution in [3.05, 3.63) is 11.6 Å². The van der Waals surface area contributed by atoms with E-state index >= 15 is 0 Å². The lowest BCUT2D eigenvalue weighted by atomic mass is 10.1. The monoisotopic (exact) mass is 343 g/mol. The Morgan fingerprint density at radius 2 is 2.17 bits per heavy atom. The Bertz CT molecular complexity index is 753. The number of aliphatic hydroxyl groups is 3. The number of aliphatic hydroxyl groups excluding tert-OH is 3. The van der Waals surface area contributed by atoms with Crippen molar-refractivity contribution in [2.45, 2.75) is 31.5 Å². The Hall–Kier alpha value is -1.85. The van der Waals surface area contributed by atoms with Gasteiger partial charge in [0.05, 0.1) is 12.9 Å². The first-order valence-electron chi connectivity index (χ1n) is 6.72. The molecule has 124 valence electrons. The van der Waals surface area contributed by atoms with Gasteiger partial charge in [-0.05, 0) is 11.6 Å². The van der Waals surface area contributed by atoms with Crippen LogP contribution in [0.5, 0.6) is 0 Å². The van der Waals surface area contributed by atoms with E-state index in [4.69, 9.17) is 21.4 Å². The molecular formula is C12H14ClN5O5. The molecule has 1 fully saturated rings. The molecule has 3 rings (SSSR count). The number of halogens is 1. The van der Waals surface area contributed by atoms with Crippen molar-refractivity contribution in [1.82, 2.24) is 19.5 Å². The van der Waals surface area contributed by atoms with Gasteiger partial charge in [0.2, 0.25) is 11.2 Å². The highest BCUT2D eigenvalue weighted by atomic mass is 35.5. The summed E-state index contributed by atoms with van der Waals surface area (Å²) in [5, 5.41) is 31.5. The number of nitrogens with zero attached hydrogens (tertiary/aromatic N) is 4. The molecule has 1 aliphatic rings. The number of anilines is 1. The quantitative estimate of drug-likeness (QED) is 0.522. The molecule has 3 heterocycles. The normalized spacial score (nSPS) is 27.5. The van der Waals surface area contributed by atoms with Crippen LogP contribution in [-0.2, 0) is 9.53 Å². The zero-order valence-electron chi connectivity index (χ0n) is 11.9. The van der Waals surface area contributed by atoms with Crippen LogP contribution in [0.2, 0.25) is 5.28 Å². The number of nitrogens with one attached hydrogen (secondary N) is 1. The SMILES string of the molecule is CC(=O)Nc1nc(Cl)nc2c1ncn2[C@@H]1O[C@H](CO)[C@H](O)[C@@H]1O. The van der Waals surface area contributed by atoms with Crippen LogP contribution in [0.25, 0.3) is 11.2 Å². The van der Waals surface area contributed by atoms with Gasteiger partial charge in [0, 0.05) is 6.92 Å². The van der Waals surface area contributed by atoms with Crippen LogP contribution < -0.4 is 5.32 Å². The van der Waals surface area contributed by atoms with E-state index in [1.807, 2.05) is 0 Å². The highest BCUT2D eigenvalue weighted by Gasteiger charge is 2.44. The minimum Gasteiger partial charge on any atom is -0.394 e. The molecule has 11 heteroatoms. The van der Waals surface area contributed by atoms with Gasteiger partial charge < -0.3 is 25.4 Å². The number of rotatable bonds is 3. The van der Waals surface area contributed by atoms with Crippen molar-refractivity contribution < 1.29 is 24.9 Å². The number of ether oxygens (including phenoxy) is 1. The Balaban J connectivity index is 2.06. The molecule has 0 radical (unpaired) electrons. The maximum Gasteiger partial charge on any atom is 0.226 e. The summed E-state index contributed by atoms with van der Waals surface area (Å²) in [4.78, 5) is 23.3. The molecule has 0 bridgehead atoms. The van der Waals surface area contributed by atoms with Gasteiger partial charge in [0.15, 0.2) is 23.2 Å². The summed E-state index contributed by atoms with van der Waals surface area (Å²) in [5.74, 6) is -0.235. The highest BCUT2D eigenvalue weighted by molar-refractivity contribution is 6.28. The molecule has 4 N–H and O–H groups in total. The average molecular weight is 344 g/mol. The molecular weight excluding hydrogens is 330 g/mol. The molecule has 2 aromatic heterocycles. The van der Waals surface area contributed by atoms with Gasteiger partial charge in [0.25, 0.3) is 0 Å². The molecule has 0 saturated carbocycles. The van der Waals surface area contributed by atoms with Gasteiger partial charge >= 0.3 is 0 Å². The van der Waals surface area contributed by atoms with Gasteiger partial charge in [-0.2, -0.15) is 9.97 Å². The number of hydrogen-bond acceptors (Lipinski definition) is 8. The molecule has 0 aliphatic carbocycles. The molecule has 1 aliphatic heterocycles. The smallest absolute Gasteiger partial charge is 0.226 e. The Morgan fingerprint density at radius 3 is 2.78 bits per heavy atom. The maximum absolute atomic E-state index is 11.2. The van der Waals surface area contributed by atoms with Crippen molar-refractivity contribution >= 4 is 34.5 Å². The lowest BCUT2D eigenvalue weighted by molar-refractivity contribution is -0.114. The largest absolute Gasteiger partial charge is 0.394 e. The van der Waals surface area contributed by atoms with Gasteiger partial charge in [-0.1, -0.05) is 0 Å². The summed E-state index contributed by atoms with van der Waals surface area (Å²) >= 11 is 5.86. The summed E-state index contributed by atoms with van der Waals surface area (Å²) in [6.45, 7) is 0.860. The number of aromatic nitrogens is 4. The second kappa shape index (κ2) is 5.98. The molecule has 1 amide bonds. The van der Waals surface area contributed by atoms with Crippen molar-refractivity contribution in [2.24, 2.45) is 0 Å². The van der Waals surface area contributed by atoms with Crippen LogP contribution in [-0.4, -0.2) is 65.7 Å². The second-order valence-electron chi connectivity index (χ2n) is 5.08. The predicted octanol–water partition coefficient (Wildman–Crippen LogP) is -0.950. The van der Waals surface area contributed by atoms with Crippen LogP contribution >= 0.6 is 11.6 Å². The fourth-order valence-electron chi connectivity index (χ4n) is 2.44. The Kier molecular flexibility index (Phi) is 4.17. The van der Waals surface area contributed by atoms with Gasteiger partial charge in [-0.15, -0.1) is 0 Å². The maximum atomic E-state index is 11.2. The van der Waals surface area contributed by atoms with Crippen molar-refractivity contribution in [3.63, 3.8) is 0 Å². The van der Waals surface area contributed by atoms with Crippen molar-refractivity contribution in [2.75, 3.05) is 11.9 Å². The number of imidazole rings is 1. The van der Waals surface area contributed by atoms with E-state index in [1.165, 1.54) is 17.8 Å². The van der Waals surface area contributed by atoms with Crippen LogP contribution in [0.4, 0.5) is 5.82 Å². The van der Waals surface area contributed by atoms with Gasteiger partial charge in [-0.3, -0.25) is 9.36 Å². The number of carbonyl (C=O) groups is 1. The molecule has 4 atom stereocenters. The fraction of sp³-hybridized carbons (Fsp3) is 0.500. The van der Waals surface area contributed by atoms with E-state index < -0.39 is 31.1 Å². The summed E-state index contributed by atoms with van der Waals surface area (Å²) in [6.07, 6.45) is -3.17. The van der Waals surface area contributed by atoms with E-state index in [1.54, 1.807) is 0 Å². The predicted molar refractivity (Wildman–Crippen MR) is 77.6 cm³/mol. The van der Waals surface area contributed by atoms with Crippen molar-refractivity contribution in [3.8, 4) is 0 Å². The Labute approximate surface area is 134 Å². The lowest BCUT2D eigenvalue weighted by Crippen LogP contribution is -2.33. The van der Waals surface area contributed by atoms with E-state index in [0.717, 1.165) is 0 Å². The summed E-state index contributed by atoms with van der Waals surface area (Å²) in [7, 11) is 0. The number of amides is 1. The number of fused-ring (bicyclic) bond motifs is 1. The van der Waals surface area contributed by atoms with E-state index in [0.29, 0.717) is 0 Å². The standard InChI is InChI=1S/C12H14ClN5O5/c1-4(20)15-9-6-10(17-12(13)16-9)18(3-14-6)11-8(22)7(21)5(2-19)23-11/h3,5,7-8,11,19,21-22H,2H2,1H3,(H,15,16,17,20)/t5-,7+,8+,11-/m1/s1. The third-order valence-corrected chi connectivity index (χ3v) is 3.65. The minimum atomic E-state index is -1.29. The van der Waals surface area contributed by atoms with E-state index in [-0.39, 0.29) is 28.2 Å². The minimum absolute atomic E-state index is 0.123. The fourth-order valence-corrected chi connectivity index (χ4v) is 2.60. The van der Waals surface area contributed by atoms with Gasteiger partial charge in [-0.25, -0.2) is 4.98 Å². The van der Waals surface area contributed by atoms with E-state index in [2.05, 4.69) is 20.3 Å². The summed E-state index contributed by atoms with van der Waals surface area (Å²) in [6, 6.07) is 0. The molecule has 1 saturated heterocycles. The Morgan fingerprint density at radius 1 is 1.43 bits per heavy atom. The first-order valence-corrected chi connectivity index (χ1v) is 7.10. The first kappa shape index (κ1) is 16.0. The molecule has 23 heavy (non-hydrogen) atoms. The third kappa shape index (κ3) is 2.75.